The van der Waals surface area contributed by atoms with Crippen molar-refractivity contribution in [2.45, 2.75) is 51.3 Å². The number of esters is 1. The molecule has 1 amide bonds. The van der Waals surface area contributed by atoms with Crippen molar-refractivity contribution in [2.24, 2.45) is 0 Å². The molecule has 3 atom stereocenters. The molecule has 0 radical (unpaired) electrons. The minimum atomic E-state index is -0.194. The first-order valence-electron chi connectivity index (χ1n) is 6.24. The van der Waals surface area contributed by atoms with Gasteiger partial charge >= 0.3 is 5.97 Å². The van der Waals surface area contributed by atoms with Crippen LogP contribution in [-0.2, 0) is 14.3 Å². The number of hydrogen-bond donors (Lipinski definition) is 1. The first-order valence-corrected chi connectivity index (χ1v) is 6.24. The van der Waals surface area contributed by atoms with Gasteiger partial charge in [-0.2, -0.15) is 0 Å². The van der Waals surface area contributed by atoms with Crippen LogP contribution in [0.3, 0.4) is 0 Å². The van der Waals surface area contributed by atoms with Gasteiger partial charge in [0.2, 0.25) is 5.91 Å². The third-order valence-corrected chi connectivity index (χ3v) is 3.59. The summed E-state index contributed by atoms with van der Waals surface area (Å²) in [4.78, 5) is 24.3. The van der Waals surface area contributed by atoms with Crippen LogP contribution >= 0.6 is 0 Å². The predicted molar refractivity (Wildman–Crippen MR) is 62.4 cm³/mol. The second kappa shape index (κ2) is 5.04. The minimum absolute atomic E-state index is 0.0317. The number of nitrogens with zero attached hydrogens (tertiary/aromatic N) is 1. The first kappa shape index (κ1) is 12.4. The van der Waals surface area contributed by atoms with Gasteiger partial charge in [0, 0.05) is 39.0 Å². The van der Waals surface area contributed by atoms with Crippen molar-refractivity contribution in [1.82, 2.24) is 10.2 Å². The molecule has 5 nitrogen and oxygen atoms in total. The normalized spacial score (nSPS) is 32.9. The molecule has 2 heterocycles. The van der Waals surface area contributed by atoms with E-state index < -0.39 is 0 Å². The van der Waals surface area contributed by atoms with E-state index in [0.717, 1.165) is 32.4 Å². The fourth-order valence-electron chi connectivity index (χ4n) is 2.98. The van der Waals surface area contributed by atoms with Crippen molar-refractivity contribution < 1.29 is 14.3 Å². The highest BCUT2D eigenvalue weighted by Crippen LogP contribution is 2.29. The second-order valence-electron chi connectivity index (χ2n) is 4.97. The van der Waals surface area contributed by atoms with Gasteiger partial charge in [0.15, 0.2) is 0 Å². The highest BCUT2D eigenvalue weighted by molar-refractivity contribution is 5.73. The molecule has 0 bridgehead atoms. The lowest BCUT2D eigenvalue weighted by Crippen LogP contribution is -2.51. The van der Waals surface area contributed by atoms with Crippen LogP contribution in [-0.4, -0.2) is 48.1 Å². The van der Waals surface area contributed by atoms with E-state index in [9.17, 15) is 9.59 Å². The van der Waals surface area contributed by atoms with E-state index in [2.05, 4.69) is 10.2 Å². The molecule has 0 aromatic carbocycles. The molecule has 1 N–H and O–H groups in total. The zero-order chi connectivity index (χ0) is 12.4. The van der Waals surface area contributed by atoms with Gasteiger partial charge in [0.05, 0.1) is 0 Å². The van der Waals surface area contributed by atoms with Crippen LogP contribution in [0, 0.1) is 0 Å². The zero-order valence-electron chi connectivity index (χ0n) is 10.4. The van der Waals surface area contributed by atoms with Gasteiger partial charge in [-0.05, 0) is 19.3 Å². The van der Waals surface area contributed by atoms with E-state index >= 15 is 0 Å². The molecule has 2 aliphatic heterocycles. The summed E-state index contributed by atoms with van der Waals surface area (Å²) in [6.07, 6.45) is 2.92. The molecule has 0 aromatic heterocycles. The first-order chi connectivity index (χ1) is 8.06. The summed E-state index contributed by atoms with van der Waals surface area (Å²) in [6.45, 7) is 4.85. The van der Waals surface area contributed by atoms with Crippen LogP contribution in [0.4, 0.5) is 0 Å². The van der Waals surface area contributed by atoms with Crippen molar-refractivity contribution in [3.8, 4) is 0 Å². The Balaban J connectivity index is 1.89. The van der Waals surface area contributed by atoms with Crippen LogP contribution in [0.5, 0.6) is 0 Å². The molecule has 17 heavy (non-hydrogen) atoms. The Bertz CT molecular complexity index is 319. The van der Waals surface area contributed by atoms with Gasteiger partial charge in [-0.25, -0.2) is 0 Å². The highest BCUT2D eigenvalue weighted by Gasteiger charge is 2.40. The fourth-order valence-corrected chi connectivity index (χ4v) is 2.98. The second-order valence-corrected chi connectivity index (χ2v) is 4.97. The molecule has 2 saturated heterocycles. The predicted octanol–water partition coefficient (Wildman–Crippen LogP) is 0.291. The third kappa shape index (κ3) is 2.97. The average molecular weight is 240 g/mol. The smallest absolute Gasteiger partial charge is 0.302 e. The third-order valence-electron chi connectivity index (χ3n) is 3.59. The fraction of sp³-hybridized carbons (Fsp3) is 0.833. The summed E-state index contributed by atoms with van der Waals surface area (Å²) in [5, 5.41) is 2.96. The zero-order valence-corrected chi connectivity index (χ0v) is 10.4. The minimum Gasteiger partial charge on any atom is -0.461 e. The van der Waals surface area contributed by atoms with Gasteiger partial charge in [-0.1, -0.05) is 0 Å². The number of carbonyl (C=O) groups is 2. The lowest BCUT2D eigenvalue weighted by molar-refractivity contribution is -0.147. The summed E-state index contributed by atoms with van der Waals surface area (Å²) in [5.41, 5.74) is 0. The van der Waals surface area contributed by atoms with Crippen molar-refractivity contribution in [3.63, 3.8) is 0 Å². The van der Waals surface area contributed by atoms with Gasteiger partial charge in [0.1, 0.15) is 6.10 Å². The van der Waals surface area contributed by atoms with Crippen LogP contribution in [0.25, 0.3) is 0 Å². The lowest BCUT2D eigenvalue weighted by Gasteiger charge is -2.36. The highest BCUT2D eigenvalue weighted by atomic mass is 16.5. The topological polar surface area (TPSA) is 58.6 Å². The molecule has 2 fully saturated rings. The van der Waals surface area contributed by atoms with Gasteiger partial charge < -0.3 is 10.1 Å². The number of piperidine rings is 1. The van der Waals surface area contributed by atoms with Crippen LogP contribution in [0.2, 0.25) is 0 Å². The molecule has 0 spiro atoms. The van der Waals surface area contributed by atoms with E-state index in [1.807, 2.05) is 0 Å². The molecular formula is C12H20N2O3. The number of nitrogens with one attached hydrogen (secondary N) is 1. The monoisotopic (exact) mass is 240 g/mol. The Morgan fingerprint density at radius 2 is 2.00 bits per heavy atom. The van der Waals surface area contributed by atoms with Crippen LogP contribution in [0.1, 0.15) is 33.1 Å². The molecule has 0 saturated carbocycles. The van der Waals surface area contributed by atoms with E-state index in [1.54, 1.807) is 6.92 Å². The molecular weight excluding hydrogens is 220 g/mol. The Hall–Kier alpha value is -1.10. The van der Waals surface area contributed by atoms with E-state index in [-0.39, 0.29) is 24.0 Å². The quantitative estimate of drug-likeness (QED) is 0.705. The molecule has 5 heteroatoms. The van der Waals surface area contributed by atoms with Crippen molar-refractivity contribution in [1.29, 1.82) is 0 Å². The summed E-state index contributed by atoms with van der Waals surface area (Å²) in [6, 6.07) is 0.601. The number of amides is 1. The maximum Gasteiger partial charge on any atom is 0.302 e. The van der Waals surface area contributed by atoms with Crippen LogP contribution in [0.15, 0.2) is 0 Å². The van der Waals surface area contributed by atoms with Gasteiger partial charge in [-0.3, -0.25) is 14.5 Å². The Morgan fingerprint density at radius 3 is 2.65 bits per heavy atom. The number of carbonyl (C=O) groups excluding carboxylic acids is 2. The van der Waals surface area contributed by atoms with E-state index in [0.29, 0.717) is 6.04 Å². The summed E-state index contributed by atoms with van der Waals surface area (Å²) < 4.78 is 5.33. The van der Waals surface area contributed by atoms with E-state index in [4.69, 9.17) is 4.74 Å². The van der Waals surface area contributed by atoms with Crippen LogP contribution < -0.4 is 5.32 Å². The maximum atomic E-state index is 11.0. The molecule has 2 rings (SSSR count). The van der Waals surface area contributed by atoms with Crippen molar-refractivity contribution in [2.75, 3.05) is 13.1 Å². The van der Waals surface area contributed by atoms with Crippen molar-refractivity contribution in [3.05, 3.63) is 0 Å². The largest absolute Gasteiger partial charge is 0.461 e. The SMILES string of the molecule is CC(=O)NC1CCC2C(OC(C)=O)CCN2C1. The number of rotatable bonds is 2. The molecule has 96 valence electrons. The van der Waals surface area contributed by atoms with Gasteiger partial charge in [0.25, 0.3) is 0 Å². The number of ether oxygens (including phenoxy) is 1. The van der Waals surface area contributed by atoms with Crippen molar-refractivity contribution >= 4 is 11.9 Å². The molecule has 2 aliphatic rings. The van der Waals surface area contributed by atoms with E-state index in [1.165, 1.54) is 6.92 Å². The maximum absolute atomic E-state index is 11.0. The molecule has 3 unspecified atom stereocenters. The standard InChI is InChI=1S/C12H20N2O3/c1-8(15)13-10-3-4-11-12(17-9(2)16)5-6-14(11)7-10/h10-12H,3-7H2,1-2H3,(H,13,15). The average Bonchev–Trinajstić information content (AvgIpc) is 2.59. The molecule has 0 aliphatic carbocycles. The molecule has 0 aromatic rings. The Kier molecular flexibility index (Phi) is 3.66. The lowest BCUT2D eigenvalue weighted by atomic mass is 9.97. The summed E-state index contributed by atoms with van der Waals surface area (Å²) in [5.74, 6) is -0.162. The Labute approximate surface area is 101 Å². The number of fused-ring (bicyclic) bond motifs is 1. The summed E-state index contributed by atoms with van der Waals surface area (Å²) >= 11 is 0. The van der Waals surface area contributed by atoms with Gasteiger partial charge in [-0.15, -0.1) is 0 Å². The summed E-state index contributed by atoms with van der Waals surface area (Å²) in [7, 11) is 0. The number of hydrogen-bond acceptors (Lipinski definition) is 4. The Morgan fingerprint density at radius 1 is 1.24 bits per heavy atom.